The monoisotopic (exact) mass is 435 g/mol. The van der Waals surface area contributed by atoms with Gasteiger partial charge in [0.05, 0.1) is 6.61 Å². The minimum absolute atomic E-state index is 0.0258. The van der Waals surface area contributed by atoms with Gasteiger partial charge in [0, 0.05) is 0 Å². The first-order valence-electron chi connectivity index (χ1n) is 5.72. The summed E-state index contributed by atoms with van der Waals surface area (Å²) in [5.41, 5.74) is 8.94. The molecule has 19 heteroatoms. The SMILES string of the molecule is N=C(N)N.O=CC(O)C(O)C(O)C(O)CO.O=P(O)(O)O.O=P(O)(O)O. The van der Waals surface area contributed by atoms with Crippen LogP contribution in [0.3, 0.4) is 0 Å². The number of carbonyl (C=O) groups excluding carboxylic acids is 1. The molecule has 0 saturated carbocycles. The van der Waals surface area contributed by atoms with Crippen LogP contribution in [0.1, 0.15) is 0 Å². The van der Waals surface area contributed by atoms with Crippen LogP contribution in [0.15, 0.2) is 0 Å². The number of hydrogen-bond donors (Lipinski definition) is 14. The second-order valence-corrected chi connectivity index (χ2v) is 5.89. The van der Waals surface area contributed by atoms with Crippen LogP contribution in [0, 0.1) is 5.41 Å². The molecule has 0 saturated heterocycles. The van der Waals surface area contributed by atoms with Crippen LogP contribution >= 0.6 is 15.6 Å². The maximum atomic E-state index is 9.90. The van der Waals surface area contributed by atoms with E-state index in [-0.39, 0.29) is 12.2 Å². The highest BCUT2D eigenvalue weighted by Crippen LogP contribution is 2.26. The average molecular weight is 435 g/mol. The van der Waals surface area contributed by atoms with Gasteiger partial charge < -0.3 is 71.2 Å². The predicted octanol–water partition coefficient (Wildman–Crippen LogP) is -6.40. The Kier molecular flexibility index (Phi) is 20.3. The van der Waals surface area contributed by atoms with Crippen LogP contribution in [0.5, 0.6) is 0 Å². The van der Waals surface area contributed by atoms with Crippen LogP contribution in [0.4, 0.5) is 0 Å². The van der Waals surface area contributed by atoms with Gasteiger partial charge >= 0.3 is 15.6 Å². The number of hydrogen-bond acceptors (Lipinski definition) is 9. The molecular weight excluding hydrogens is 412 g/mol. The van der Waals surface area contributed by atoms with Gasteiger partial charge in [-0.25, -0.2) is 9.13 Å². The molecule has 0 rings (SSSR count). The van der Waals surface area contributed by atoms with E-state index in [9.17, 15) is 4.79 Å². The van der Waals surface area contributed by atoms with Crippen molar-refractivity contribution in [2.24, 2.45) is 11.5 Å². The van der Waals surface area contributed by atoms with E-state index in [1.807, 2.05) is 0 Å². The Hall–Kier alpha value is -1.04. The first kappa shape index (κ1) is 32.6. The molecule has 0 aromatic carbocycles. The summed E-state index contributed by atoms with van der Waals surface area (Å²) in [5.74, 6) is -0.333. The molecule has 4 atom stereocenters. The fourth-order valence-electron chi connectivity index (χ4n) is 0.618. The summed E-state index contributed by atoms with van der Waals surface area (Å²) < 4.78 is 17.8. The quantitative estimate of drug-likeness (QED) is 0.0825. The highest BCUT2D eigenvalue weighted by Gasteiger charge is 2.29. The second kappa shape index (κ2) is 16.2. The molecule has 4 unspecified atom stereocenters. The van der Waals surface area contributed by atoms with Gasteiger partial charge in [0.15, 0.2) is 12.2 Å². The van der Waals surface area contributed by atoms with Gasteiger partial charge in [-0.2, -0.15) is 0 Å². The summed E-state index contributed by atoms with van der Waals surface area (Å²) in [6, 6.07) is 0. The van der Waals surface area contributed by atoms with Gasteiger partial charge in [-0.1, -0.05) is 0 Å². The van der Waals surface area contributed by atoms with Gasteiger partial charge in [-0.3, -0.25) is 5.41 Å². The predicted molar refractivity (Wildman–Crippen MR) is 81.8 cm³/mol. The van der Waals surface area contributed by atoms with Crippen LogP contribution < -0.4 is 11.5 Å². The third kappa shape index (κ3) is 49.5. The van der Waals surface area contributed by atoms with E-state index in [2.05, 4.69) is 11.5 Å². The normalized spacial score (nSPS) is 15.2. The van der Waals surface area contributed by atoms with Gasteiger partial charge in [0.1, 0.15) is 24.4 Å². The fraction of sp³-hybridized carbons (Fsp3) is 0.714. The minimum Gasteiger partial charge on any atom is -0.394 e. The fourth-order valence-corrected chi connectivity index (χ4v) is 0.618. The number of carbonyl (C=O) groups is 1. The van der Waals surface area contributed by atoms with Crippen LogP contribution in [0.2, 0.25) is 0 Å². The number of aliphatic hydroxyl groups excluding tert-OH is 5. The Balaban J connectivity index is -0.000000143. The lowest BCUT2D eigenvalue weighted by Gasteiger charge is -2.22. The average Bonchev–Trinajstić information content (AvgIpc) is 2.39. The number of nitrogens with two attached hydrogens (primary N) is 2. The van der Waals surface area contributed by atoms with E-state index < -0.39 is 46.7 Å². The highest BCUT2D eigenvalue weighted by molar-refractivity contribution is 7.45. The lowest BCUT2D eigenvalue weighted by molar-refractivity contribution is -0.136. The molecule has 26 heavy (non-hydrogen) atoms. The van der Waals surface area contributed by atoms with Crippen molar-refractivity contribution in [3.05, 3.63) is 0 Å². The number of aliphatic hydroxyl groups is 5. The lowest BCUT2D eigenvalue weighted by Crippen LogP contribution is -2.46. The number of phosphoric acid groups is 2. The van der Waals surface area contributed by atoms with E-state index in [0.717, 1.165) is 0 Å². The summed E-state index contributed by atoms with van der Waals surface area (Å²) in [7, 11) is -9.28. The Morgan fingerprint density at radius 1 is 0.885 bits per heavy atom. The molecule has 0 aliphatic heterocycles. The van der Waals surface area contributed by atoms with Crippen LogP contribution in [-0.2, 0) is 13.9 Å². The maximum Gasteiger partial charge on any atom is 0.466 e. The molecule has 0 aromatic rings. The van der Waals surface area contributed by atoms with Crippen molar-refractivity contribution >= 4 is 27.9 Å². The molecule has 0 heterocycles. The molecule has 0 aliphatic rings. The van der Waals surface area contributed by atoms with Gasteiger partial charge in [-0.05, 0) is 0 Å². The molecule has 160 valence electrons. The number of rotatable bonds is 5. The Labute approximate surface area is 145 Å². The number of guanidine groups is 1. The van der Waals surface area contributed by atoms with E-state index >= 15 is 0 Å². The van der Waals surface area contributed by atoms with Crippen LogP contribution in [0.25, 0.3) is 0 Å². The molecule has 17 nitrogen and oxygen atoms in total. The van der Waals surface area contributed by atoms with Crippen molar-refractivity contribution in [3.63, 3.8) is 0 Å². The summed E-state index contributed by atoms with van der Waals surface area (Å²) in [6.45, 7) is -0.760. The van der Waals surface area contributed by atoms with Crippen molar-refractivity contribution in [3.8, 4) is 0 Å². The zero-order chi connectivity index (χ0) is 22.3. The van der Waals surface area contributed by atoms with Gasteiger partial charge in [0.2, 0.25) is 0 Å². The molecule has 0 aromatic heterocycles. The van der Waals surface area contributed by atoms with E-state index in [1.54, 1.807) is 0 Å². The van der Waals surface area contributed by atoms with Crippen molar-refractivity contribution in [2.45, 2.75) is 24.4 Å². The van der Waals surface area contributed by atoms with Gasteiger partial charge in [-0.15, -0.1) is 0 Å². The highest BCUT2D eigenvalue weighted by atomic mass is 31.2. The zero-order valence-electron chi connectivity index (χ0n) is 12.8. The number of aldehydes is 1. The topological polar surface area (TPSA) is 350 Å². The summed E-state index contributed by atoms with van der Waals surface area (Å²) in [4.78, 5) is 53.0. The molecule has 0 aliphatic carbocycles. The van der Waals surface area contributed by atoms with E-state index in [4.69, 9.17) is 69.4 Å². The van der Waals surface area contributed by atoms with Gasteiger partial charge in [0.25, 0.3) is 0 Å². The van der Waals surface area contributed by atoms with E-state index in [1.165, 1.54) is 0 Å². The van der Waals surface area contributed by atoms with Crippen molar-refractivity contribution < 1.29 is 68.8 Å². The Bertz CT molecular complexity index is 425. The molecule has 0 amide bonds. The zero-order valence-corrected chi connectivity index (χ0v) is 14.6. The molecule has 0 radical (unpaired) electrons. The third-order valence-electron chi connectivity index (χ3n) is 1.42. The second-order valence-electron chi connectivity index (χ2n) is 3.84. The Morgan fingerprint density at radius 3 is 1.27 bits per heavy atom. The largest absolute Gasteiger partial charge is 0.466 e. The molecule has 16 N–H and O–H groups in total. The van der Waals surface area contributed by atoms with Crippen LogP contribution in [-0.4, -0.2) is 98.2 Å². The summed E-state index contributed by atoms with van der Waals surface area (Å²) in [6.07, 6.45) is -6.84. The summed E-state index contributed by atoms with van der Waals surface area (Å²) >= 11 is 0. The first-order chi connectivity index (χ1) is 11.3. The maximum absolute atomic E-state index is 9.90. The molecule has 0 bridgehead atoms. The minimum atomic E-state index is -4.64. The van der Waals surface area contributed by atoms with Crippen molar-refractivity contribution in [1.29, 1.82) is 5.41 Å². The van der Waals surface area contributed by atoms with E-state index in [0.29, 0.717) is 0 Å². The molecular formula is C7H23N3O14P2. The standard InChI is InChI=1S/C6H12O6.CH5N3.2H3O4P/c7-1-3(9)5(11)6(12)4(10)2-8;2-1(3)4;2*1-5(2,3)4/h1,3-6,8-12H,2H2;(H5,2,3,4);2*(H3,1,2,3,4). The smallest absolute Gasteiger partial charge is 0.394 e. The molecule has 0 spiro atoms. The molecule has 0 fully saturated rings. The lowest BCUT2D eigenvalue weighted by atomic mass is 10.0. The Morgan fingerprint density at radius 2 is 1.12 bits per heavy atom. The summed E-state index contributed by atoms with van der Waals surface area (Å²) in [5, 5.41) is 49.6. The first-order valence-corrected chi connectivity index (χ1v) is 8.85. The van der Waals surface area contributed by atoms with Crippen molar-refractivity contribution in [2.75, 3.05) is 6.61 Å². The third-order valence-corrected chi connectivity index (χ3v) is 1.42. The van der Waals surface area contributed by atoms with Crippen molar-refractivity contribution in [1.82, 2.24) is 0 Å². The number of nitrogens with one attached hydrogen (secondary N) is 1.